The Kier molecular flexibility index (Phi) is 5.76. The molecule has 5 heteroatoms. The summed E-state index contributed by atoms with van der Waals surface area (Å²) in [5, 5.41) is 12.1. The fourth-order valence-electron chi connectivity index (χ4n) is 4.41. The van der Waals surface area contributed by atoms with Crippen LogP contribution < -0.4 is 5.32 Å². The number of hydrogen-bond acceptors (Lipinski definition) is 3. The predicted octanol–water partition coefficient (Wildman–Crippen LogP) is 5.36. The molecule has 0 fully saturated rings. The number of benzene rings is 3. The van der Waals surface area contributed by atoms with Crippen molar-refractivity contribution in [3.8, 4) is 11.1 Å². The van der Waals surface area contributed by atoms with E-state index >= 15 is 0 Å². The van der Waals surface area contributed by atoms with Crippen LogP contribution in [0.5, 0.6) is 0 Å². The summed E-state index contributed by atoms with van der Waals surface area (Å²) in [6, 6.07) is 21.4. The third-order valence-corrected chi connectivity index (χ3v) is 5.82. The number of aryl methyl sites for hydroxylation is 2. The molecule has 0 bridgehead atoms. The summed E-state index contributed by atoms with van der Waals surface area (Å²) >= 11 is 0. The fraction of sp³-hybridized carbons (Fsp3) is 0.231. The number of carboxylic acid groups (broad SMARTS) is 1. The first-order valence-corrected chi connectivity index (χ1v) is 10.3. The van der Waals surface area contributed by atoms with Gasteiger partial charge in [0.25, 0.3) is 0 Å². The number of ether oxygens (including phenoxy) is 1. The van der Waals surface area contributed by atoms with Crippen LogP contribution in [0, 0.1) is 13.8 Å². The number of nitrogens with one attached hydrogen (secondary N) is 1. The highest BCUT2D eigenvalue weighted by Gasteiger charge is 2.29. The summed E-state index contributed by atoms with van der Waals surface area (Å²) in [4.78, 5) is 24.0. The van der Waals surface area contributed by atoms with E-state index in [9.17, 15) is 14.7 Å². The number of rotatable bonds is 6. The number of alkyl carbamates (subject to hydrolysis) is 1. The van der Waals surface area contributed by atoms with Crippen LogP contribution in [0.2, 0.25) is 0 Å². The molecule has 0 spiro atoms. The van der Waals surface area contributed by atoms with Crippen LogP contribution in [0.15, 0.2) is 66.7 Å². The van der Waals surface area contributed by atoms with E-state index in [4.69, 9.17) is 4.74 Å². The first kappa shape index (κ1) is 20.7. The van der Waals surface area contributed by atoms with Gasteiger partial charge in [-0.1, -0.05) is 72.3 Å². The summed E-state index contributed by atoms with van der Waals surface area (Å²) in [6.07, 6.45) is -0.832. The maximum atomic E-state index is 12.6. The monoisotopic (exact) mass is 415 g/mol. The Morgan fingerprint density at radius 1 is 0.968 bits per heavy atom. The lowest BCUT2D eigenvalue weighted by Gasteiger charge is -2.21. The number of fused-ring (bicyclic) bond motifs is 3. The van der Waals surface area contributed by atoms with Gasteiger partial charge < -0.3 is 15.2 Å². The lowest BCUT2D eigenvalue weighted by atomic mass is 9.97. The van der Waals surface area contributed by atoms with Crippen molar-refractivity contribution < 1.29 is 19.4 Å². The van der Waals surface area contributed by atoms with Crippen LogP contribution in [0.3, 0.4) is 0 Å². The van der Waals surface area contributed by atoms with Crippen LogP contribution in [0.1, 0.15) is 46.2 Å². The van der Waals surface area contributed by atoms with E-state index < -0.39 is 18.1 Å². The molecule has 1 amide bonds. The molecular weight excluding hydrogens is 390 g/mol. The Balaban J connectivity index is 1.50. The van der Waals surface area contributed by atoms with Gasteiger partial charge in [-0.3, -0.25) is 4.79 Å². The van der Waals surface area contributed by atoms with Gasteiger partial charge in [-0.15, -0.1) is 0 Å². The van der Waals surface area contributed by atoms with E-state index in [1.165, 1.54) is 0 Å². The molecule has 1 atom stereocenters. The van der Waals surface area contributed by atoms with Gasteiger partial charge in [-0.05, 0) is 47.2 Å². The molecule has 1 aliphatic carbocycles. The zero-order valence-electron chi connectivity index (χ0n) is 17.6. The van der Waals surface area contributed by atoms with Crippen LogP contribution in [-0.4, -0.2) is 23.8 Å². The smallest absolute Gasteiger partial charge is 0.407 e. The van der Waals surface area contributed by atoms with E-state index in [1.54, 1.807) is 0 Å². The first-order chi connectivity index (χ1) is 14.9. The van der Waals surface area contributed by atoms with Crippen LogP contribution in [0.4, 0.5) is 4.79 Å². The normalized spacial score (nSPS) is 13.2. The zero-order chi connectivity index (χ0) is 22.0. The lowest BCUT2D eigenvalue weighted by molar-refractivity contribution is -0.137. The number of carboxylic acids is 1. The molecule has 0 aliphatic heterocycles. The van der Waals surface area contributed by atoms with E-state index in [2.05, 4.69) is 29.6 Å². The molecule has 0 radical (unpaired) electrons. The molecule has 5 nitrogen and oxygen atoms in total. The van der Waals surface area contributed by atoms with E-state index in [-0.39, 0.29) is 18.9 Å². The van der Waals surface area contributed by atoms with Gasteiger partial charge in [-0.25, -0.2) is 4.79 Å². The molecule has 31 heavy (non-hydrogen) atoms. The Hall–Kier alpha value is -3.60. The van der Waals surface area contributed by atoms with Gasteiger partial charge in [0.2, 0.25) is 0 Å². The molecule has 0 heterocycles. The summed E-state index contributed by atoms with van der Waals surface area (Å²) < 4.78 is 5.59. The minimum Gasteiger partial charge on any atom is -0.481 e. The highest BCUT2D eigenvalue weighted by atomic mass is 16.5. The fourth-order valence-corrected chi connectivity index (χ4v) is 4.41. The molecule has 3 aromatic carbocycles. The zero-order valence-corrected chi connectivity index (χ0v) is 17.6. The average molecular weight is 415 g/mol. The molecule has 4 rings (SSSR count). The van der Waals surface area contributed by atoms with E-state index in [1.807, 2.05) is 56.3 Å². The van der Waals surface area contributed by atoms with E-state index in [0.717, 1.165) is 38.9 Å². The second-order valence-corrected chi connectivity index (χ2v) is 7.98. The number of amides is 1. The molecular formula is C26H25NO4. The number of carbonyl (C=O) groups is 2. The molecule has 2 N–H and O–H groups in total. The van der Waals surface area contributed by atoms with Crippen molar-refractivity contribution in [3.05, 3.63) is 94.5 Å². The second kappa shape index (κ2) is 8.64. The predicted molar refractivity (Wildman–Crippen MR) is 119 cm³/mol. The maximum Gasteiger partial charge on any atom is 0.407 e. The summed E-state index contributed by atoms with van der Waals surface area (Å²) in [6.45, 7) is 4.07. The number of carbonyl (C=O) groups excluding carboxylic acids is 1. The van der Waals surface area contributed by atoms with Gasteiger partial charge in [0, 0.05) is 5.92 Å². The highest BCUT2D eigenvalue weighted by Crippen LogP contribution is 2.44. The molecule has 158 valence electrons. The van der Waals surface area contributed by atoms with Crippen LogP contribution in [-0.2, 0) is 9.53 Å². The molecule has 0 saturated heterocycles. The second-order valence-electron chi connectivity index (χ2n) is 7.98. The number of aliphatic carboxylic acids is 1. The largest absolute Gasteiger partial charge is 0.481 e. The van der Waals surface area contributed by atoms with Crippen molar-refractivity contribution >= 4 is 12.1 Å². The van der Waals surface area contributed by atoms with Crippen molar-refractivity contribution in [1.82, 2.24) is 5.32 Å². The highest BCUT2D eigenvalue weighted by molar-refractivity contribution is 5.79. The Labute approximate surface area is 181 Å². The van der Waals surface area contributed by atoms with Crippen molar-refractivity contribution in [2.24, 2.45) is 0 Å². The summed E-state index contributed by atoms with van der Waals surface area (Å²) in [5.74, 6) is -1.03. The van der Waals surface area contributed by atoms with Gasteiger partial charge >= 0.3 is 12.1 Å². The third-order valence-electron chi connectivity index (χ3n) is 5.82. The summed E-state index contributed by atoms with van der Waals surface area (Å²) in [5.41, 5.74) is 7.38. The average Bonchev–Trinajstić information content (AvgIpc) is 3.05. The van der Waals surface area contributed by atoms with Crippen LogP contribution >= 0.6 is 0 Å². The Morgan fingerprint density at radius 2 is 1.58 bits per heavy atom. The molecule has 0 unspecified atom stereocenters. The van der Waals surface area contributed by atoms with Crippen molar-refractivity contribution in [3.63, 3.8) is 0 Å². The minimum atomic E-state index is -0.982. The van der Waals surface area contributed by atoms with Gasteiger partial charge in [0.05, 0.1) is 12.5 Å². The van der Waals surface area contributed by atoms with E-state index in [0.29, 0.717) is 0 Å². The molecule has 0 saturated carbocycles. The SMILES string of the molecule is Cc1ccc([C@H](CC(=O)O)NC(=O)OCC2c3ccccc3-c3ccccc32)c(C)c1. The Bertz CT molecular complexity index is 1090. The van der Waals surface area contributed by atoms with Gasteiger partial charge in [0.1, 0.15) is 6.61 Å². The van der Waals surface area contributed by atoms with Gasteiger partial charge in [-0.2, -0.15) is 0 Å². The maximum absolute atomic E-state index is 12.6. The molecule has 1 aliphatic rings. The molecule has 3 aromatic rings. The standard InChI is InChI=1S/C26H25NO4/c1-16-11-12-18(17(2)13-16)24(14-25(28)29)27-26(30)31-15-23-21-9-5-3-7-19(21)20-8-4-6-10-22(20)23/h3-13,23-24H,14-15H2,1-2H3,(H,27,30)(H,28,29)/t24-/m0/s1. The van der Waals surface area contributed by atoms with Crippen molar-refractivity contribution in [2.45, 2.75) is 32.2 Å². The van der Waals surface area contributed by atoms with Crippen molar-refractivity contribution in [2.75, 3.05) is 6.61 Å². The minimum absolute atomic E-state index is 0.0443. The number of hydrogen-bond donors (Lipinski definition) is 2. The summed E-state index contributed by atoms with van der Waals surface area (Å²) in [7, 11) is 0. The topological polar surface area (TPSA) is 75.6 Å². The van der Waals surface area contributed by atoms with Gasteiger partial charge in [0.15, 0.2) is 0 Å². The van der Waals surface area contributed by atoms with Crippen LogP contribution in [0.25, 0.3) is 11.1 Å². The lowest BCUT2D eigenvalue weighted by Crippen LogP contribution is -2.32. The molecule has 0 aromatic heterocycles. The quantitative estimate of drug-likeness (QED) is 0.568. The van der Waals surface area contributed by atoms with Crippen molar-refractivity contribution in [1.29, 1.82) is 0 Å². The first-order valence-electron chi connectivity index (χ1n) is 10.3. The third kappa shape index (κ3) is 4.31. The Morgan fingerprint density at radius 3 is 2.16 bits per heavy atom.